The molecule has 1 saturated heterocycles. The molecule has 0 aromatic carbocycles. The maximum absolute atomic E-state index is 12.6. The van der Waals surface area contributed by atoms with E-state index in [1.165, 1.54) is 11.0 Å². The van der Waals surface area contributed by atoms with Gasteiger partial charge in [-0.25, -0.2) is 4.79 Å². The van der Waals surface area contributed by atoms with Crippen molar-refractivity contribution >= 4 is 34.7 Å². The average molecular weight is 439 g/mol. The number of Topliss-reactive ketones (excluding diaryl/α,β-unsaturated/α-hetero) is 1. The first kappa shape index (κ1) is 24.4. The highest BCUT2D eigenvalue weighted by atomic mass is 32.2. The summed E-state index contributed by atoms with van der Waals surface area (Å²) in [5, 5.41) is 2.59. The van der Waals surface area contributed by atoms with Crippen LogP contribution in [0.4, 0.5) is 4.79 Å². The summed E-state index contributed by atoms with van der Waals surface area (Å²) in [6.45, 7) is 13.0. The standard InChI is InChI=1S/C22H34N2O5S/c1-14-8-9-15(24(14)19(28)29-20(2,3)4)12-17(26)23-22(10-11-22)16(25)13-18(27)30-21(5,6)7/h12,14H,8-11,13H2,1-7H3,(H,23,26)/b15-12+/t14-/m0/s1. The second-order valence-electron chi connectivity index (χ2n) is 10.1. The van der Waals surface area contributed by atoms with Crippen LogP contribution in [0.25, 0.3) is 0 Å². The van der Waals surface area contributed by atoms with Crippen LogP contribution in [0.15, 0.2) is 11.8 Å². The molecule has 1 atom stereocenters. The molecule has 1 heterocycles. The fourth-order valence-corrected chi connectivity index (χ4v) is 4.23. The monoisotopic (exact) mass is 438 g/mol. The third-order valence-electron chi connectivity index (χ3n) is 4.83. The summed E-state index contributed by atoms with van der Waals surface area (Å²) < 4.78 is 5.20. The number of likely N-dealkylation sites (tertiary alicyclic amines) is 1. The van der Waals surface area contributed by atoms with Crippen molar-refractivity contribution in [2.75, 3.05) is 0 Å². The maximum atomic E-state index is 12.6. The van der Waals surface area contributed by atoms with Crippen LogP contribution >= 0.6 is 11.8 Å². The van der Waals surface area contributed by atoms with Crippen LogP contribution in [0.3, 0.4) is 0 Å². The van der Waals surface area contributed by atoms with Crippen LogP contribution in [0.5, 0.6) is 0 Å². The molecule has 2 fully saturated rings. The van der Waals surface area contributed by atoms with Gasteiger partial charge in [-0.3, -0.25) is 19.3 Å². The first-order valence-corrected chi connectivity index (χ1v) is 11.2. The largest absolute Gasteiger partial charge is 0.443 e. The first-order valence-electron chi connectivity index (χ1n) is 10.4. The number of ketones is 1. The van der Waals surface area contributed by atoms with Gasteiger partial charge in [0.25, 0.3) is 0 Å². The Bertz CT molecular complexity index is 756. The number of amides is 2. The van der Waals surface area contributed by atoms with E-state index in [1.54, 1.807) is 20.8 Å². The van der Waals surface area contributed by atoms with E-state index in [9.17, 15) is 19.2 Å². The molecule has 0 bridgehead atoms. The first-order chi connectivity index (χ1) is 13.6. The summed E-state index contributed by atoms with van der Waals surface area (Å²) in [5.41, 5.74) is -1.00. The smallest absolute Gasteiger partial charge is 0.414 e. The minimum atomic E-state index is -0.955. The molecule has 0 radical (unpaired) electrons. The van der Waals surface area contributed by atoms with Gasteiger partial charge in [-0.2, -0.15) is 0 Å². The molecule has 1 N–H and O–H groups in total. The summed E-state index contributed by atoms with van der Waals surface area (Å²) in [7, 11) is 0. The summed E-state index contributed by atoms with van der Waals surface area (Å²) in [6.07, 6.45) is 3.08. The van der Waals surface area contributed by atoms with Gasteiger partial charge in [0.05, 0.1) is 12.0 Å². The molecule has 2 aliphatic rings. The van der Waals surface area contributed by atoms with E-state index < -0.39 is 23.1 Å². The van der Waals surface area contributed by atoms with Crippen LogP contribution in [-0.4, -0.2) is 49.7 Å². The number of nitrogens with one attached hydrogen (secondary N) is 1. The molecule has 2 amide bonds. The van der Waals surface area contributed by atoms with E-state index in [0.717, 1.165) is 18.2 Å². The quantitative estimate of drug-likeness (QED) is 0.516. The molecule has 0 spiro atoms. The van der Waals surface area contributed by atoms with Gasteiger partial charge in [0.2, 0.25) is 5.91 Å². The molecule has 1 aliphatic heterocycles. The Labute approximate surface area is 183 Å². The van der Waals surface area contributed by atoms with E-state index in [4.69, 9.17) is 4.74 Å². The van der Waals surface area contributed by atoms with E-state index in [-0.39, 0.29) is 28.1 Å². The third-order valence-corrected chi connectivity index (χ3v) is 5.81. The zero-order valence-corrected chi connectivity index (χ0v) is 19.9. The van der Waals surface area contributed by atoms with Gasteiger partial charge in [0, 0.05) is 22.6 Å². The lowest BCUT2D eigenvalue weighted by atomic mass is 10.1. The molecule has 0 aromatic heterocycles. The van der Waals surface area contributed by atoms with Crippen molar-refractivity contribution in [3.63, 3.8) is 0 Å². The number of ether oxygens (including phenoxy) is 1. The predicted octanol–water partition coefficient (Wildman–Crippen LogP) is 3.96. The Balaban J connectivity index is 2.02. The number of hydrogen-bond donors (Lipinski definition) is 1. The maximum Gasteiger partial charge on any atom is 0.414 e. The van der Waals surface area contributed by atoms with E-state index >= 15 is 0 Å². The Morgan fingerprint density at radius 3 is 2.27 bits per heavy atom. The van der Waals surface area contributed by atoms with Gasteiger partial charge in [-0.15, -0.1) is 0 Å². The number of thioether (sulfide) groups is 1. The third kappa shape index (κ3) is 6.86. The Kier molecular flexibility index (Phi) is 7.11. The average Bonchev–Trinajstić information content (AvgIpc) is 3.20. The number of allylic oxidation sites excluding steroid dienone is 1. The number of rotatable bonds is 5. The Morgan fingerprint density at radius 1 is 1.17 bits per heavy atom. The highest BCUT2D eigenvalue weighted by Crippen LogP contribution is 2.39. The lowest BCUT2D eigenvalue weighted by Gasteiger charge is -2.28. The van der Waals surface area contributed by atoms with Gasteiger partial charge >= 0.3 is 6.09 Å². The molecule has 7 nitrogen and oxygen atoms in total. The van der Waals surface area contributed by atoms with Crippen molar-refractivity contribution in [3.8, 4) is 0 Å². The van der Waals surface area contributed by atoms with Gasteiger partial charge in [-0.05, 0) is 53.4 Å². The molecule has 0 unspecified atom stereocenters. The lowest BCUT2D eigenvalue weighted by Crippen LogP contribution is -2.44. The number of hydrogen-bond acceptors (Lipinski definition) is 6. The molecule has 1 saturated carbocycles. The SMILES string of the molecule is C[C@H]1CC/C(=C\C(=O)NC2(C(=O)CC(=O)SC(C)(C)C)CC2)N1C(=O)OC(C)(C)C. The summed E-state index contributed by atoms with van der Waals surface area (Å²) in [6, 6.07) is -0.0672. The summed E-state index contributed by atoms with van der Waals surface area (Å²) >= 11 is 1.14. The number of nitrogens with zero attached hydrogens (tertiary/aromatic N) is 1. The van der Waals surface area contributed by atoms with Crippen molar-refractivity contribution in [2.45, 2.75) is 102 Å². The molecule has 30 heavy (non-hydrogen) atoms. The topological polar surface area (TPSA) is 92.8 Å². The van der Waals surface area contributed by atoms with Crippen LogP contribution in [0.2, 0.25) is 0 Å². The summed E-state index contributed by atoms with van der Waals surface area (Å²) in [5.74, 6) is -0.672. The highest BCUT2D eigenvalue weighted by Gasteiger charge is 2.51. The molecule has 0 aromatic rings. The Hall–Kier alpha value is -1.83. The number of carbonyl (C=O) groups is 4. The predicted molar refractivity (Wildman–Crippen MR) is 117 cm³/mol. The van der Waals surface area contributed by atoms with Crippen molar-refractivity contribution in [2.24, 2.45) is 0 Å². The van der Waals surface area contributed by atoms with E-state index in [0.29, 0.717) is 25.0 Å². The van der Waals surface area contributed by atoms with Crippen LogP contribution in [0, 0.1) is 0 Å². The highest BCUT2D eigenvalue weighted by molar-refractivity contribution is 8.14. The second-order valence-corrected chi connectivity index (χ2v) is 12.0. The fraction of sp³-hybridized carbons (Fsp3) is 0.727. The molecular formula is C22H34N2O5S. The van der Waals surface area contributed by atoms with Gasteiger partial charge < -0.3 is 10.1 Å². The zero-order valence-electron chi connectivity index (χ0n) is 19.1. The van der Waals surface area contributed by atoms with Crippen LogP contribution in [0.1, 0.15) is 80.6 Å². The molecule has 168 valence electrons. The molecular weight excluding hydrogens is 404 g/mol. The van der Waals surface area contributed by atoms with Gasteiger partial charge in [-0.1, -0.05) is 32.5 Å². The van der Waals surface area contributed by atoms with E-state index in [1.807, 2.05) is 27.7 Å². The van der Waals surface area contributed by atoms with Gasteiger partial charge in [0.15, 0.2) is 10.9 Å². The minimum Gasteiger partial charge on any atom is -0.443 e. The van der Waals surface area contributed by atoms with Gasteiger partial charge in [0.1, 0.15) is 5.60 Å². The lowest BCUT2D eigenvalue weighted by molar-refractivity contribution is -0.129. The van der Waals surface area contributed by atoms with Crippen LogP contribution in [-0.2, 0) is 19.1 Å². The normalized spacial score (nSPS) is 22.0. The fourth-order valence-electron chi connectivity index (χ4n) is 3.34. The zero-order chi connectivity index (χ0) is 22.9. The van der Waals surface area contributed by atoms with Crippen LogP contribution < -0.4 is 5.32 Å². The van der Waals surface area contributed by atoms with Crippen molar-refractivity contribution < 1.29 is 23.9 Å². The van der Waals surface area contributed by atoms with Crippen molar-refractivity contribution in [3.05, 3.63) is 11.8 Å². The Morgan fingerprint density at radius 2 is 1.77 bits per heavy atom. The van der Waals surface area contributed by atoms with Crippen molar-refractivity contribution in [1.82, 2.24) is 10.2 Å². The molecule has 2 rings (SSSR count). The van der Waals surface area contributed by atoms with E-state index in [2.05, 4.69) is 5.32 Å². The molecule has 1 aliphatic carbocycles. The minimum absolute atomic E-state index is 0.0672. The number of carbonyl (C=O) groups excluding carboxylic acids is 4. The summed E-state index contributed by atoms with van der Waals surface area (Å²) in [4.78, 5) is 51.4. The second kappa shape index (κ2) is 8.73. The van der Waals surface area contributed by atoms with Crippen molar-refractivity contribution in [1.29, 1.82) is 0 Å². The molecule has 8 heteroatoms.